The molecule has 1 aliphatic rings. The van der Waals surface area contributed by atoms with Crippen LogP contribution in [-0.2, 0) is 6.18 Å². The molecule has 3 heterocycles. The van der Waals surface area contributed by atoms with Gasteiger partial charge in [0.1, 0.15) is 28.2 Å². The van der Waals surface area contributed by atoms with E-state index in [1.54, 1.807) is 29.8 Å². The van der Waals surface area contributed by atoms with Gasteiger partial charge in [0.15, 0.2) is 5.82 Å². The molecule has 4 aromatic rings. The summed E-state index contributed by atoms with van der Waals surface area (Å²) in [7, 11) is 4.31. The molecule has 2 amide bonds. The summed E-state index contributed by atoms with van der Waals surface area (Å²) in [5.41, 5.74) is 2.50. The van der Waals surface area contributed by atoms with Crippen LogP contribution in [0.15, 0.2) is 18.2 Å². The normalized spacial score (nSPS) is 17.1. The zero-order valence-corrected chi connectivity index (χ0v) is 23.5. The Kier molecular flexibility index (Phi) is 7.22. The van der Waals surface area contributed by atoms with Gasteiger partial charge < -0.3 is 25.6 Å². The number of ether oxygens (including phenoxy) is 1. The topological polar surface area (TPSA) is 120 Å². The summed E-state index contributed by atoms with van der Waals surface area (Å²) in [6, 6.07) is 3.07. The van der Waals surface area contributed by atoms with Gasteiger partial charge in [-0.1, -0.05) is 6.07 Å². The molecular weight excluding hydrogens is 581 g/mol. The third kappa shape index (κ3) is 4.46. The fourth-order valence-electron chi connectivity index (χ4n) is 5.58. The van der Waals surface area contributed by atoms with Gasteiger partial charge >= 0.3 is 18.2 Å². The van der Waals surface area contributed by atoms with Crippen LogP contribution in [0.1, 0.15) is 24.5 Å². The van der Waals surface area contributed by atoms with E-state index in [0.717, 1.165) is 18.2 Å². The number of urea groups is 1. The molecule has 0 radical (unpaired) electrons. The van der Waals surface area contributed by atoms with Crippen molar-refractivity contribution in [2.24, 2.45) is 0 Å². The second-order valence-electron chi connectivity index (χ2n) is 9.75. The first kappa shape index (κ1) is 29.1. The van der Waals surface area contributed by atoms with Gasteiger partial charge in [0.2, 0.25) is 0 Å². The summed E-state index contributed by atoms with van der Waals surface area (Å²) in [6.45, 7) is 2.18. The number of thiophene rings is 1. The van der Waals surface area contributed by atoms with Crippen molar-refractivity contribution in [2.75, 3.05) is 38.4 Å². The number of nitrogens with one attached hydrogen (secondary N) is 1. The Bertz CT molecular complexity index is 1790. The lowest BCUT2D eigenvalue weighted by Gasteiger charge is -2.32. The number of methoxy groups -OCH3 is 1. The number of amides is 2. The molecule has 2 atom stereocenters. The van der Waals surface area contributed by atoms with Crippen molar-refractivity contribution in [1.82, 2.24) is 20.2 Å². The molecule has 15 heteroatoms. The summed E-state index contributed by atoms with van der Waals surface area (Å²) < 4.78 is 80.2. The van der Waals surface area contributed by atoms with E-state index in [4.69, 9.17) is 10.5 Å². The van der Waals surface area contributed by atoms with Gasteiger partial charge in [-0.15, -0.1) is 11.3 Å². The van der Waals surface area contributed by atoms with Crippen molar-refractivity contribution in [2.45, 2.75) is 31.6 Å². The number of nitriles is 1. The predicted molar refractivity (Wildman–Crippen MR) is 148 cm³/mol. The molecule has 1 fully saturated rings. The minimum atomic E-state index is -5.08. The van der Waals surface area contributed by atoms with E-state index >= 15 is 4.39 Å². The number of halogens is 5. The van der Waals surface area contributed by atoms with Crippen molar-refractivity contribution in [3.8, 4) is 23.2 Å². The smallest absolute Gasteiger partial charge is 0.417 e. The molecule has 2 aromatic carbocycles. The second-order valence-corrected chi connectivity index (χ2v) is 10.8. The van der Waals surface area contributed by atoms with E-state index in [-0.39, 0.29) is 61.5 Å². The molecule has 2 aromatic heterocycles. The molecule has 2 unspecified atom stereocenters. The number of benzene rings is 2. The van der Waals surface area contributed by atoms with E-state index in [9.17, 15) is 27.6 Å². The molecule has 1 aliphatic heterocycles. The first-order valence-corrected chi connectivity index (χ1v) is 13.4. The van der Waals surface area contributed by atoms with Gasteiger partial charge in [-0.3, -0.25) is 0 Å². The van der Waals surface area contributed by atoms with Crippen LogP contribution >= 0.6 is 11.3 Å². The number of alkyl halides is 3. The summed E-state index contributed by atoms with van der Waals surface area (Å²) in [5.74, 6) is -2.21. The van der Waals surface area contributed by atoms with Crippen molar-refractivity contribution in [3.63, 3.8) is 0 Å². The minimum Gasteiger partial charge on any atom is -0.467 e. The maximum atomic E-state index is 16.5. The molecule has 5 rings (SSSR count). The second kappa shape index (κ2) is 10.4. The molecule has 0 aliphatic carbocycles. The third-order valence-electron chi connectivity index (χ3n) is 7.60. The van der Waals surface area contributed by atoms with Crippen molar-refractivity contribution in [3.05, 3.63) is 41.0 Å². The minimum absolute atomic E-state index is 0.0369. The third-order valence-corrected chi connectivity index (χ3v) is 8.63. The maximum Gasteiger partial charge on any atom is 0.417 e. The Hall–Kier alpha value is -4.45. The summed E-state index contributed by atoms with van der Waals surface area (Å²) >= 11 is 0.684. The Morgan fingerprint density at radius 2 is 2.02 bits per heavy atom. The summed E-state index contributed by atoms with van der Waals surface area (Å²) in [5, 5.41) is 11.6. The number of hydrogen-bond acceptors (Lipinski definition) is 8. The highest BCUT2D eigenvalue weighted by Gasteiger charge is 2.40. The molecule has 0 bridgehead atoms. The summed E-state index contributed by atoms with van der Waals surface area (Å²) in [6.07, 6.45) is -4.61. The van der Waals surface area contributed by atoms with Crippen LogP contribution in [0.3, 0.4) is 0 Å². The average Bonchev–Trinajstić information content (AvgIpc) is 3.51. The molecule has 1 saturated heterocycles. The molecule has 3 N–H and O–H groups in total. The SMILES string of the molecule is CNC(=O)N1CCC(N(C)c2nc(OC)nc3c(F)c(-c4ccc(F)c5sc(N)c(C#N)c45)c(C(F)(F)F)cc23)C1C. The first-order chi connectivity index (χ1) is 19.8. The van der Waals surface area contributed by atoms with Gasteiger partial charge in [-0.2, -0.15) is 28.4 Å². The lowest BCUT2D eigenvalue weighted by molar-refractivity contribution is -0.137. The van der Waals surface area contributed by atoms with E-state index in [2.05, 4.69) is 15.3 Å². The number of nitrogens with zero attached hydrogens (tertiary/aromatic N) is 5. The monoisotopic (exact) mass is 605 g/mol. The zero-order valence-electron chi connectivity index (χ0n) is 22.7. The van der Waals surface area contributed by atoms with Gasteiger partial charge in [-0.25, -0.2) is 13.6 Å². The van der Waals surface area contributed by atoms with Crippen LogP contribution in [0.5, 0.6) is 6.01 Å². The van der Waals surface area contributed by atoms with Crippen molar-refractivity contribution in [1.29, 1.82) is 5.26 Å². The quantitative estimate of drug-likeness (QED) is 0.295. The number of aromatic nitrogens is 2. The fraction of sp³-hybridized carbons (Fsp3) is 0.333. The number of nitrogens with two attached hydrogens (primary N) is 1. The molecule has 220 valence electrons. The predicted octanol–water partition coefficient (Wildman–Crippen LogP) is 5.51. The Balaban J connectivity index is 1.81. The highest BCUT2D eigenvalue weighted by atomic mass is 32.1. The van der Waals surface area contributed by atoms with Gasteiger partial charge in [0.25, 0.3) is 0 Å². The standard InChI is InChI=1S/C27H24F5N7O2S/c1-11-17(7-8-39(11)26(40)35-2)38(3)24-13-9-15(27(30,31)32)19(20(29)21(13)36-25(37-24)41-4)12-5-6-16(28)22-18(12)14(10-33)23(34)42-22/h5-6,9,11,17H,7-8,34H2,1-4H3,(H,35,40). The van der Waals surface area contributed by atoms with Crippen LogP contribution in [-0.4, -0.2) is 60.7 Å². The summed E-state index contributed by atoms with van der Waals surface area (Å²) in [4.78, 5) is 23.8. The van der Waals surface area contributed by atoms with E-state index < -0.39 is 34.5 Å². The number of likely N-dealkylation sites (tertiary alicyclic amines) is 1. The maximum absolute atomic E-state index is 16.5. The fourth-order valence-corrected chi connectivity index (χ4v) is 6.52. The number of anilines is 2. The zero-order chi connectivity index (χ0) is 30.7. The Morgan fingerprint density at radius 3 is 2.64 bits per heavy atom. The lowest BCUT2D eigenvalue weighted by Crippen LogP contribution is -2.46. The average molecular weight is 606 g/mol. The number of fused-ring (bicyclic) bond motifs is 2. The molecule has 42 heavy (non-hydrogen) atoms. The highest BCUT2D eigenvalue weighted by Crippen LogP contribution is 2.48. The van der Waals surface area contributed by atoms with Crippen molar-refractivity contribution < 1.29 is 31.5 Å². The van der Waals surface area contributed by atoms with Crippen molar-refractivity contribution >= 4 is 49.2 Å². The Morgan fingerprint density at radius 1 is 1.31 bits per heavy atom. The largest absolute Gasteiger partial charge is 0.467 e. The number of hydrogen-bond donors (Lipinski definition) is 2. The van der Waals surface area contributed by atoms with Gasteiger partial charge in [0.05, 0.1) is 35.0 Å². The number of carbonyl (C=O) groups is 1. The van der Waals surface area contributed by atoms with E-state index in [0.29, 0.717) is 24.3 Å². The van der Waals surface area contributed by atoms with Gasteiger partial charge in [-0.05, 0) is 31.0 Å². The number of rotatable bonds is 4. The van der Waals surface area contributed by atoms with Gasteiger partial charge in [0, 0.05) is 37.0 Å². The molecule has 0 spiro atoms. The Labute approximate surface area is 240 Å². The number of nitrogen functional groups attached to an aromatic ring is 1. The van der Waals surface area contributed by atoms with Crippen LogP contribution in [0.25, 0.3) is 32.1 Å². The number of likely N-dealkylation sites (N-methyl/N-ethyl adjacent to an activating group) is 1. The number of carbonyl (C=O) groups excluding carboxylic acids is 1. The van der Waals surface area contributed by atoms with Crippen LogP contribution in [0.4, 0.5) is 37.6 Å². The molecule has 0 saturated carbocycles. The molecular formula is C27H24F5N7O2S. The van der Waals surface area contributed by atoms with E-state index in [1.807, 2.05) is 0 Å². The lowest BCUT2D eigenvalue weighted by atomic mass is 9.92. The first-order valence-electron chi connectivity index (χ1n) is 12.6. The molecule has 9 nitrogen and oxygen atoms in total. The van der Waals surface area contributed by atoms with Crippen LogP contribution < -0.4 is 20.7 Å². The van der Waals surface area contributed by atoms with Crippen LogP contribution in [0.2, 0.25) is 0 Å². The van der Waals surface area contributed by atoms with E-state index in [1.165, 1.54) is 14.2 Å². The van der Waals surface area contributed by atoms with Crippen LogP contribution in [0, 0.1) is 23.0 Å². The highest BCUT2D eigenvalue weighted by molar-refractivity contribution is 7.23.